The van der Waals surface area contributed by atoms with Crippen LogP contribution in [0.1, 0.15) is 73.9 Å². The molecule has 1 unspecified atom stereocenters. The smallest absolute Gasteiger partial charge is 0.357 e. The maximum absolute atomic E-state index is 13.0. The van der Waals surface area contributed by atoms with E-state index < -0.39 is 11.6 Å². The van der Waals surface area contributed by atoms with Crippen LogP contribution in [0.4, 0.5) is 5.69 Å². The maximum Gasteiger partial charge on any atom is 0.357 e. The maximum atomic E-state index is 13.0. The Bertz CT molecular complexity index is 963. The highest BCUT2D eigenvalue weighted by molar-refractivity contribution is 7.09. The van der Waals surface area contributed by atoms with Crippen LogP contribution >= 0.6 is 11.3 Å². The lowest BCUT2D eigenvalue weighted by Crippen LogP contribution is -2.29. The van der Waals surface area contributed by atoms with E-state index in [1.54, 1.807) is 17.2 Å². The Labute approximate surface area is 186 Å². The van der Waals surface area contributed by atoms with Crippen molar-refractivity contribution < 1.29 is 23.9 Å². The SMILES string of the molecule is CCOC(=O)c1csc(CN2C(=O)CCC(CC(=O)OC(C)(C)C)c3ccccc32)n1. The lowest BCUT2D eigenvalue weighted by atomic mass is 9.91. The number of nitrogens with zero attached hydrogens (tertiary/aromatic N) is 2. The zero-order valence-electron chi connectivity index (χ0n) is 18.3. The average Bonchev–Trinajstić information content (AvgIpc) is 3.12. The molecule has 1 aliphatic rings. The van der Waals surface area contributed by atoms with E-state index in [-0.39, 0.29) is 43.1 Å². The van der Waals surface area contributed by atoms with E-state index in [2.05, 4.69) is 4.98 Å². The molecule has 0 saturated heterocycles. The summed E-state index contributed by atoms with van der Waals surface area (Å²) in [5.74, 6) is -0.879. The lowest BCUT2D eigenvalue weighted by molar-refractivity contribution is -0.155. The first-order chi connectivity index (χ1) is 14.7. The summed E-state index contributed by atoms with van der Waals surface area (Å²) in [6.07, 6.45) is 1.11. The second-order valence-corrected chi connectivity index (χ2v) is 9.35. The van der Waals surface area contributed by atoms with Crippen molar-refractivity contribution >= 4 is 34.9 Å². The number of ether oxygens (including phenoxy) is 2. The summed E-state index contributed by atoms with van der Waals surface area (Å²) in [5, 5.41) is 2.30. The third kappa shape index (κ3) is 5.91. The van der Waals surface area contributed by atoms with Gasteiger partial charge in [0.25, 0.3) is 0 Å². The number of hydrogen-bond donors (Lipinski definition) is 0. The van der Waals surface area contributed by atoms with Gasteiger partial charge in [-0.15, -0.1) is 11.3 Å². The number of hydrogen-bond acceptors (Lipinski definition) is 7. The largest absolute Gasteiger partial charge is 0.461 e. The first-order valence-electron chi connectivity index (χ1n) is 10.4. The quantitative estimate of drug-likeness (QED) is 0.612. The molecule has 1 aromatic carbocycles. The van der Waals surface area contributed by atoms with Crippen LogP contribution in [0.3, 0.4) is 0 Å². The Kier molecular flexibility index (Phi) is 7.10. The van der Waals surface area contributed by atoms with Crippen LogP contribution in [0, 0.1) is 0 Å². The van der Waals surface area contributed by atoms with Crippen LogP contribution < -0.4 is 4.90 Å². The van der Waals surface area contributed by atoms with E-state index in [0.29, 0.717) is 17.8 Å². The average molecular weight is 445 g/mol. The van der Waals surface area contributed by atoms with E-state index in [0.717, 1.165) is 11.3 Å². The number of thiazole rings is 1. The number of fused-ring (bicyclic) bond motifs is 1. The van der Waals surface area contributed by atoms with Crippen LogP contribution in [0.5, 0.6) is 0 Å². The molecule has 8 heteroatoms. The van der Waals surface area contributed by atoms with Gasteiger partial charge in [0.15, 0.2) is 5.69 Å². The fourth-order valence-electron chi connectivity index (χ4n) is 3.59. The number of esters is 2. The second kappa shape index (κ2) is 9.60. The zero-order chi connectivity index (χ0) is 22.6. The molecule has 1 aliphatic heterocycles. The molecule has 2 heterocycles. The molecule has 0 spiro atoms. The highest BCUT2D eigenvalue weighted by Gasteiger charge is 2.31. The molecule has 2 aromatic rings. The van der Waals surface area contributed by atoms with Crippen molar-refractivity contribution in [3.05, 3.63) is 45.9 Å². The summed E-state index contributed by atoms with van der Waals surface area (Å²) in [6.45, 7) is 7.81. The van der Waals surface area contributed by atoms with Crippen LogP contribution in [-0.4, -0.2) is 35.0 Å². The molecular formula is C23H28N2O5S. The minimum absolute atomic E-state index is 0.0352. The summed E-state index contributed by atoms with van der Waals surface area (Å²) in [5.41, 5.74) is 1.41. The highest BCUT2D eigenvalue weighted by Crippen LogP contribution is 2.38. The molecule has 0 bridgehead atoms. The number of benzene rings is 1. The first-order valence-corrected chi connectivity index (χ1v) is 11.3. The Morgan fingerprint density at radius 3 is 2.71 bits per heavy atom. The molecule has 0 saturated carbocycles. The van der Waals surface area contributed by atoms with Gasteiger partial charge in [-0.2, -0.15) is 0 Å². The Morgan fingerprint density at radius 2 is 2.00 bits per heavy atom. The van der Waals surface area contributed by atoms with Crippen LogP contribution in [0.15, 0.2) is 29.6 Å². The minimum atomic E-state index is -0.551. The molecule has 1 amide bonds. The molecule has 3 rings (SSSR count). The zero-order valence-corrected chi connectivity index (χ0v) is 19.2. The van der Waals surface area contributed by atoms with Gasteiger partial charge < -0.3 is 14.4 Å². The van der Waals surface area contributed by atoms with E-state index in [4.69, 9.17) is 9.47 Å². The number of para-hydroxylation sites is 1. The van der Waals surface area contributed by atoms with Gasteiger partial charge in [-0.05, 0) is 51.7 Å². The van der Waals surface area contributed by atoms with Crippen LogP contribution in [-0.2, 0) is 25.6 Å². The summed E-state index contributed by atoms with van der Waals surface area (Å²) in [4.78, 5) is 43.4. The monoisotopic (exact) mass is 444 g/mol. The fraction of sp³-hybridized carbons (Fsp3) is 0.478. The van der Waals surface area contributed by atoms with E-state index in [1.807, 2.05) is 45.0 Å². The van der Waals surface area contributed by atoms with E-state index >= 15 is 0 Å². The molecule has 1 aromatic heterocycles. The van der Waals surface area contributed by atoms with Crippen LogP contribution in [0.25, 0.3) is 0 Å². The summed E-state index contributed by atoms with van der Waals surface area (Å²) in [7, 11) is 0. The number of amides is 1. The third-order valence-corrected chi connectivity index (χ3v) is 5.67. The fourth-order valence-corrected chi connectivity index (χ4v) is 4.34. The van der Waals surface area contributed by atoms with Crippen molar-refractivity contribution in [2.75, 3.05) is 11.5 Å². The lowest BCUT2D eigenvalue weighted by Gasteiger charge is -2.24. The van der Waals surface area contributed by atoms with Crippen LogP contribution in [0.2, 0.25) is 0 Å². The molecule has 0 radical (unpaired) electrons. The summed E-state index contributed by atoms with van der Waals surface area (Å²) >= 11 is 1.32. The third-order valence-electron chi connectivity index (χ3n) is 4.84. The van der Waals surface area contributed by atoms with Gasteiger partial charge in [0.2, 0.25) is 5.91 Å². The van der Waals surface area contributed by atoms with Crippen molar-refractivity contribution in [2.24, 2.45) is 0 Å². The summed E-state index contributed by atoms with van der Waals surface area (Å²) in [6, 6.07) is 7.64. The van der Waals surface area contributed by atoms with Crippen molar-refractivity contribution in [1.29, 1.82) is 0 Å². The van der Waals surface area contributed by atoms with Gasteiger partial charge in [-0.3, -0.25) is 9.59 Å². The van der Waals surface area contributed by atoms with Gasteiger partial charge >= 0.3 is 11.9 Å². The number of aromatic nitrogens is 1. The van der Waals surface area contributed by atoms with Gasteiger partial charge in [0, 0.05) is 17.5 Å². The normalized spacial score (nSPS) is 16.5. The molecule has 31 heavy (non-hydrogen) atoms. The first kappa shape index (κ1) is 22.9. The molecule has 7 nitrogen and oxygen atoms in total. The topological polar surface area (TPSA) is 85.8 Å². The van der Waals surface area contributed by atoms with Gasteiger partial charge in [0.1, 0.15) is 10.6 Å². The highest BCUT2D eigenvalue weighted by atomic mass is 32.1. The molecule has 166 valence electrons. The molecule has 0 fully saturated rings. The van der Waals surface area contributed by atoms with Crippen molar-refractivity contribution in [2.45, 2.75) is 65.0 Å². The van der Waals surface area contributed by atoms with Crippen molar-refractivity contribution in [3.8, 4) is 0 Å². The summed E-state index contributed by atoms with van der Waals surface area (Å²) < 4.78 is 10.5. The molecular weight excluding hydrogens is 416 g/mol. The Balaban J connectivity index is 1.83. The second-order valence-electron chi connectivity index (χ2n) is 8.41. The van der Waals surface area contributed by atoms with E-state index in [9.17, 15) is 14.4 Å². The number of carbonyl (C=O) groups is 3. The molecule has 0 aliphatic carbocycles. The minimum Gasteiger partial charge on any atom is -0.461 e. The molecule has 1 atom stereocenters. The Morgan fingerprint density at radius 1 is 1.26 bits per heavy atom. The number of carbonyl (C=O) groups excluding carboxylic acids is 3. The van der Waals surface area contributed by atoms with Crippen molar-refractivity contribution in [1.82, 2.24) is 4.98 Å². The van der Waals surface area contributed by atoms with Gasteiger partial charge in [-0.25, -0.2) is 9.78 Å². The number of anilines is 1. The standard InChI is InChI=1S/C23H28N2O5S/c1-5-29-22(28)17-14-31-19(24-17)13-25-18-9-7-6-8-16(18)15(10-11-20(25)26)12-21(27)30-23(2,3)4/h6-9,14-15H,5,10-13H2,1-4H3. The Hall–Kier alpha value is -2.74. The molecule has 0 N–H and O–H groups in total. The predicted molar refractivity (Wildman–Crippen MR) is 118 cm³/mol. The van der Waals surface area contributed by atoms with Gasteiger partial charge in [-0.1, -0.05) is 18.2 Å². The van der Waals surface area contributed by atoms with Crippen molar-refractivity contribution in [3.63, 3.8) is 0 Å². The number of rotatable bonds is 6. The van der Waals surface area contributed by atoms with Gasteiger partial charge in [0.05, 0.1) is 19.6 Å². The van der Waals surface area contributed by atoms with E-state index in [1.165, 1.54) is 11.3 Å². The predicted octanol–water partition coefficient (Wildman–Crippen LogP) is 4.46.